The molecule has 43 heavy (non-hydrogen) atoms. The van der Waals surface area contributed by atoms with E-state index < -0.39 is 23.6 Å². The Hall–Kier alpha value is -3.63. The molecule has 3 aromatic rings. The van der Waals surface area contributed by atoms with Gasteiger partial charge in [0.2, 0.25) is 11.2 Å². The molecule has 8 nitrogen and oxygen atoms in total. The van der Waals surface area contributed by atoms with Gasteiger partial charge in [0.05, 0.1) is 11.7 Å². The molecular formula is C33H32FN3O5S. The highest BCUT2D eigenvalue weighted by Gasteiger charge is 2.63. The monoisotopic (exact) mass is 601 g/mol. The van der Waals surface area contributed by atoms with Gasteiger partial charge in [0, 0.05) is 47.4 Å². The summed E-state index contributed by atoms with van der Waals surface area (Å²) in [6, 6.07) is 13.9. The van der Waals surface area contributed by atoms with Crippen LogP contribution in [0.25, 0.3) is 0 Å². The smallest absolute Gasteiger partial charge is 0.311 e. The number of rotatable bonds is 4. The van der Waals surface area contributed by atoms with E-state index in [1.807, 2.05) is 36.1 Å². The molecule has 0 saturated carbocycles. The fourth-order valence-corrected chi connectivity index (χ4v) is 9.19. The van der Waals surface area contributed by atoms with Crippen LogP contribution in [-0.4, -0.2) is 45.9 Å². The summed E-state index contributed by atoms with van der Waals surface area (Å²) >= 11 is 1.66. The van der Waals surface area contributed by atoms with E-state index in [9.17, 15) is 14.4 Å². The minimum Gasteiger partial charge on any atom is -0.420 e. The van der Waals surface area contributed by atoms with Crippen LogP contribution in [0.3, 0.4) is 0 Å². The van der Waals surface area contributed by atoms with Crippen LogP contribution in [-0.2, 0) is 15.3 Å². The highest BCUT2D eigenvalue weighted by molar-refractivity contribution is 7.98. The van der Waals surface area contributed by atoms with Crippen molar-refractivity contribution in [1.29, 1.82) is 0 Å². The second kappa shape index (κ2) is 9.95. The third kappa shape index (κ3) is 3.95. The van der Waals surface area contributed by atoms with Crippen LogP contribution in [0.1, 0.15) is 78.7 Å². The van der Waals surface area contributed by atoms with Crippen LogP contribution < -0.4 is 15.2 Å². The molecule has 2 bridgehead atoms. The SMILES string of the molecule is CCCC(=O)Oc1c2n(ccc1=O)N([C@@H]1c3ccccc3SCc3cccc(F)c31)[C@@H]1[C@H]3C[C@@H]4CC[C@@]3(CCN1C2=O)O4. The Morgan fingerprint density at radius 2 is 2.00 bits per heavy atom. The van der Waals surface area contributed by atoms with Crippen molar-refractivity contribution in [2.45, 2.75) is 80.0 Å². The number of esters is 1. The summed E-state index contributed by atoms with van der Waals surface area (Å²) in [6.07, 6.45) is 5.32. The van der Waals surface area contributed by atoms with E-state index >= 15 is 4.39 Å². The van der Waals surface area contributed by atoms with Crippen LogP contribution in [0, 0.1) is 11.7 Å². The van der Waals surface area contributed by atoms with E-state index in [0.717, 1.165) is 35.3 Å². The molecule has 0 aliphatic carbocycles. The molecule has 1 amide bonds. The molecule has 5 aliphatic heterocycles. The quantitative estimate of drug-likeness (QED) is 0.383. The van der Waals surface area contributed by atoms with Gasteiger partial charge in [-0.1, -0.05) is 37.3 Å². The second-order valence-electron chi connectivity index (χ2n) is 12.2. The molecule has 3 saturated heterocycles. The number of thioether (sulfide) groups is 1. The predicted molar refractivity (Wildman–Crippen MR) is 158 cm³/mol. The average molecular weight is 602 g/mol. The summed E-state index contributed by atoms with van der Waals surface area (Å²) < 4.78 is 30.1. The maximum Gasteiger partial charge on any atom is 0.311 e. The molecular weight excluding hydrogens is 569 g/mol. The van der Waals surface area contributed by atoms with E-state index in [4.69, 9.17) is 9.47 Å². The van der Waals surface area contributed by atoms with Gasteiger partial charge < -0.3 is 14.4 Å². The first kappa shape index (κ1) is 27.0. The molecule has 6 heterocycles. The molecule has 5 aliphatic rings. The van der Waals surface area contributed by atoms with Gasteiger partial charge >= 0.3 is 5.97 Å². The molecule has 5 atom stereocenters. The van der Waals surface area contributed by atoms with Crippen molar-refractivity contribution >= 4 is 23.6 Å². The number of amides is 1. The summed E-state index contributed by atoms with van der Waals surface area (Å²) in [4.78, 5) is 43.2. The van der Waals surface area contributed by atoms with Gasteiger partial charge in [0.1, 0.15) is 18.0 Å². The number of halogens is 1. The van der Waals surface area contributed by atoms with E-state index in [1.165, 1.54) is 12.1 Å². The van der Waals surface area contributed by atoms with Crippen LogP contribution in [0.2, 0.25) is 0 Å². The summed E-state index contributed by atoms with van der Waals surface area (Å²) in [6.45, 7) is 2.27. The number of hydrogen-bond donors (Lipinski definition) is 0. The molecule has 222 valence electrons. The number of nitrogens with zero attached hydrogens (tertiary/aromatic N) is 3. The molecule has 0 radical (unpaired) electrons. The second-order valence-corrected chi connectivity index (χ2v) is 13.2. The first-order valence-corrected chi connectivity index (χ1v) is 16.1. The normalized spacial score (nSPS) is 28.4. The van der Waals surface area contributed by atoms with Gasteiger partial charge in [-0.2, -0.15) is 0 Å². The van der Waals surface area contributed by atoms with Gasteiger partial charge in [-0.15, -0.1) is 11.8 Å². The van der Waals surface area contributed by atoms with E-state index in [2.05, 4.69) is 11.1 Å². The number of pyridine rings is 1. The summed E-state index contributed by atoms with van der Waals surface area (Å²) in [5.74, 6) is -0.945. The van der Waals surface area contributed by atoms with Gasteiger partial charge in [-0.3, -0.25) is 24.1 Å². The van der Waals surface area contributed by atoms with Crippen LogP contribution >= 0.6 is 11.8 Å². The van der Waals surface area contributed by atoms with Crippen molar-refractivity contribution in [1.82, 2.24) is 9.58 Å². The molecule has 0 unspecified atom stereocenters. The molecule has 2 aromatic carbocycles. The van der Waals surface area contributed by atoms with Gasteiger partial charge in [-0.25, -0.2) is 4.39 Å². The number of aromatic nitrogens is 1. The van der Waals surface area contributed by atoms with Gasteiger partial charge in [0.15, 0.2) is 5.69 Å². The Balaban J connectivity index is 1.41. The molecule has 1 spiro atoms. The minimum atomic E-state index is -0.627. The first-order chi connectivity index (χ1) is 20.9. The third-order valence-electron chi connectivity index (χ3n) is 9.90. The lowest BCUT2D eigenvalue weighted by molar-refractivity contribution is -0.134. The Morgan fingerprint density at radius 3 is 2.84 bits per heavy atom. The topological polar surface area (TPSA) is 81.1 Å². The third-order valence-corrected chi connectivity index (χ3v) is 11.0. The summed E-state index contributed by atoms with van der Waals surface area (Å²) in [5.41, 5.74) is 1.45. The zero-order valence-electron chi connectivity index (χ0n) is 23.8. The Morgan fingerprint density at radius 1 is 1.14 bits per heavy atom. The van der Waals surface area contributed by atoms with E-state index in [0.29, 0.717) is 30.7 Å². The highest BCUT2D eigenvalue weighted by atomic mass is 32.2. The van der Waals surface area contributed by atoms with Crippen molar-refractivity contribution in [2.75, 3.05) is 11.6 Å². The maximum absolute atomic E-state index is 16.2. The van der Waals surface area contributed by atoms with Gasteiger partial charge in [-0.05, 0) is 55.4 Å². The zero-order chi connectivity index (χ0) is 29.5. The van der Waals surface area contributed by atoms with Crippen LogP contribution in [0.4, 0.5) is 4.39 Å². The summed E-state index contributed by atoms with van der Waals surface area (Å²) in [7, 11) is 0. The highest BCUT2D eigenvalue weighted by Crippen LogP contribution is 2.57. The number of ether oxygens (including phenoxy) is 2. The number of piperidine rings is 1. The number of hydrogen-bond acceptors (Lipinski definition) is 7. The van der Waals surface area contributed by atoms with Crippen LogP contribution in [0.5, 0.6) is 5.75 Å². The fourth-order valence-electron chi connectivity index (χ4n) is 8.11. The van der Waals surface area contributed by atoms with E-state index in [1.54, 1.807) is 28.7 Å². The Labute approximate surface area is 252 Å². The molecule has 10 heteroatoms. The lowest BCUT2D eigenvalue weighted by Crippen LogP contribution is -2.70. The van der Waals surface area contributed by atoms with Crippen molar-refractivity contribution in [2.24, 2.45) is 5.92 Å². The zero-order valence-corrected chi connectivity index (χ0v) is 24.6. The maximum atomic E-state index is 16.2. The minimum absolute atomic E-state index is 0.000461. The van der Waals surface area contributed by atoms with Crippen molar-refractivity contribution in [3.63, 3.8) is 0 Å². The molecule has 8 rings (SSSR count). The number of carbonyl (C=O) groups is 2. The average Bonchev–Trinajstić information content (AvgIpc) is 3.53. The Kier molecular flexibility index (Phi) is 6.24. The van der Waals surface area contributed by atoms with Crippen molar-refractivity contribution < 1.29 is 23.5 Å². The first-order valence-electron chi connectivity index (χ1n) is 15.1. The predicted octanol–water partition coefficient (Wildman–Crippen LogP) is 5.15. The number of fused-ring (bicyclic) bond motifs is 6. The molecule has 1 aromatic heterocycles. The fraction of sp³-hybridized carbons (Fsp3) is 0.424. The summed E-state index contributed by atoms with van der Waals surface area (Å²) in [5, 5.41) is 2.08. The number of benzene rings is 2. The van der Waals surface area contributed by atoms with Crippen LogP contribution in [0.15, 0.2) is 64.4 Å². The van der Waals surface area contributed by atoms with E-state index in [-0.39, 0.29) is 47.2 Å². The standard InChI is InChI=1S/C33H32FN3O5S/c1-2-6-26(39)41-30-24(38)12-15-36-29(30)32(40)35-16-14-33-13-11-20(42-33)17-22(33)31(35)37(36)28-21-8-3-4-10-25(21)43-18-19-7-5-9-23(34)27(19)28/h3-5,7-10,12,15,20,22,28,31H,2,6,11,13-14,16-18H2,1H3/t20-,22+,28+,31+,33-/m0/s1. The Bertz CT molecular complexity index is 1730. The molecule has 3 fully saturated rings. The van der Waals surface area contributed by atoms with Gasteiger partial charge in [0.25, 0.3) is 5.91 Å². The largest absolute Gasteiger partial charge is 0.420 e. The molecule has 0 N–H and O–H groups in total. The number of carbonyl (C=O) groups excluding carboxylic acids is 2. The lowest BCUT2D eigenvalue weighted by Gasteiger charge is -2.57. The lowest BCUT2D eigenvalue weighted by atomic mass is 9.71. The van der Waals surface area contributed by atoms with Crippen molar-refractivity contribution in [3.05, 3.63) is 93.2 Å². The van der Waals surface area contributed by atoms with Crippen molar-refractivity contribution in [3.8, 4) is 5.75 Å².